The van der Waals surface area contributed by atoms with Gasteiger partial charge in [-0.05, 0) is 26.7 Å². The normalized spacial score (nSPS) is 9.38. The summed E-state index contributed by atoms with van der Waals surface area (Å²) in [6.45, 7) is 15.9. The number of rotatable bonds is 18. The Morgan fingerprint density at radius 1 is 0.531 bits per heavy atom. The van der Waals surface area contributed by atoms with Gasteiger partial charge in [-0.15, -0.1) is 0 Å². The van der Waals surface area contributed by atoms with Crippen molar-refractivity contribution in [2.45, 2.75) is 132 Å². The molecule has 0 atom stereocenters. The third-order valence-electron chi connectivity index (χ3n) is 4.66. The molecule has 0 aromatic rings. The van der Waals surface area contributed by atoms with Crippen molar-refractivity contribution in [3.8, 4) is 0 Å². The van der Waals surface area contributed by atoms with Gasteiger partial charge < -0.3 is 9.47 Å². The fourth-order valence-electron chi connectivity index (χ4n) is 2.69. The second-order valence-electron chi connectivity index (χ2n) is 8.08. The highest BCUT2D eigenvalue weighted by Gasteiger charge is 2.02. The van der Waals surface area contributed by atoms with Crippen molar-refractivity contribution < 1.29 is 19.1 Å². The minimum absolute atomic E-state index is 0. The maximum Gasteiger partial charge on any atom is 0.333 e. The van der Waals surface area contributed by atoms with Crippen LogP contribution in [0.4, 0.5) is 0 Å². The smallest absolute Gasteiger partial charge is 0.333 e. The number of esters is 2. The van der Waals surface area contributed by atoms with Gasteiger partial charge in [0.1, 0.15) is 0 Å². The lowest BCUT2D eigenvalue weighted by Crippen LogP contribution is -2.05. The lowest BCUT2D eigenvalue weighted by atomic mass is 10.1. The maximum atomic E-state index is 11.1. The van der Waals surface area contributed by atoms with Crippen molar-refractivity contribution in [1.82, 2.24) is 0 Å². The van der Waals surface area contributed by atoms with Gasteiger partial charge in [-0.25, -0.2) is 9.59 Å². The predicted octanol–water partition coefficient (Wildman–Crippen LogP) is 8.98. The molecule has 0 heterocycles. The van der Waals surface area contributed by atoms with Crippen molar-refractivity contribution >= 4 is 11.9 Å². The summed E-state index contributed by atoms with van der Waals surface area (Å²) in [6.07, 6.45) is 17.5. The number of unbranched alkanes of at least 4 members (excludes halogenated alkanes) is 12. The number of carbonyl (C=O) groups is 2. The molecule has 0 bridgehead atoms. The highest BCUT2D eigenvalue weighted by atomic mass is 16.5. The molecule has 0 aromatic carbocycles. The molecule has 0 unspecified atom stereocenters. The quantitative estimate of drug-likeness (QED) is 0.117. The Labute approximate surface area is 201 Å². The summed E-state index contributed by atoms with van der Waals surface area (Å²) in [5.74, 6) is -0.530. The van der Waals surface area contributed by atoms with Crippen LogP contribution in [-0.2, 0) is 19.1 Å². The standard InChI is InChI=1S/C16H30O2.C10H18O2.2CH4/c1-4-5-6-7-8-9-10-11-12-13-14-18-16(17)15(2)3;1-4-5-6-7-8-12-10(11)9(2)3;;/h2,4-14H2,1,3H3;2,4-8H2,1,3H3;2*1H4. The molecule has 0 aliphatic carbocycles. The zero-order valence-electron chi connectivity index (χ0n) is 20.4. The van der Waals surface area contributed by atoms with Crippen LogP contribution in [0.15, 0.2) is 24.3 Å². The van der Waals surface area contributed by atoms with E-state index < -0.39 is 0 Å². The molecule has 0 saturated heterocycles. The van der Waals surface area contributed by atoms with E-state index >= 15 is 0 Å². The largest absolute Gasteiger partial charge is 0.462 e. The van der Waals surface area contributed by atoms with Crippen LogP contribution in [0.2, 0.25) is 0 Å². The molecule has 0 saturated carbocycles. The topological polar surface area (TPSA) is 52.6 Å². The number of hydrogen-bond donors (Lipinski definition) is 0. The number of carbonyl (C=O) groups excluding carboxylic acids is 2. The predicted molar refractivity (Wildman–Crippen MR) is 141 cm³/mol. The molecule has 4 nitrogen and oxygen atoms in total. The summed E-state index contributed by atoms with van der Waals surface area (Å²) in [6, 6.07) is 0. The van der Waals surface area contributed by atoms with Gasteiger partial charge in [0.15, 0.2) is 0 Å². The van der Waals surface area contributed by atoms with Crippen LogP contribution in [-0.4, -0.2) is 25.2 Å². The molecule has 192 valence electrons. The van der Waals surface area contributed by atoms with Crippen LogP contribution in [0.1, 0.15) is 132 Å². The first-order valence-electron chi connectivity index (χ1n) is 12.0. The Morgan fingerprint density at radius 2 is 0.781 bits per heavy atom. The van der Waals surface area contributed by atoms with Crippen molar-refractivity contribution in [3.63, 3.8) is 0 Å². The van der Waals surface area contributed by atoms with E-state index in [1.54, 1.807) is 13.8 Å². The van der Waals surface area contributed by atoms with E-state index in [0.29, 0.717) is 24.4 Å². The van der Waals surface area contributed by atoms with Crippen molar-refractivity contribution in [1.29, 1.82) is 0 Å². The van der Waals surface area contributed by atoms with E-state index in [4.69, 9.17) is 9.47 Å². The molecule has 0 rings (SSSR count). The van der Waals surface area contributed by atoms with E-state index in [1.165, 1.54) is 70.6 Å². The van der Waals surface area contributed by atoms with Crippen LogP contribution in [0.5, 0.6) is 0 Å². The highest BCUT2D eigenvalue weighted by Crippen LogP contribution is 2.10. The molecule has 0 N–H and O–H groups in total. The Kier molecular flexibility index (Phi) is 34.7. The Bertz CT molecular complexity index is 454. The van der Waals surface area contributed by atoms with Gasteiger partial charge in [0.05, 0.1) is 13.2 Å². The molecular weight excluding hydrogens is 400 g/mol. The first kappa shape index (κ1) is 37.7. The van der Waals surface area contributed by atoms with E-state index in [-0.39, 0.29) is 26.8 Å². The molecule has 0 radical (unpaired) electrons. The van der Waals surface area contributed by atoms with Crippen molar-refractivity contribution in [2.24, 2.45) is 0 Å². The van der Waals surface area contributed by atoms with Crippen molar-refractivity contribution in [2.75, 3.05) is 13.2 Å². The maximum absolute atomic E-state index is 11.1. The van der Waals surface area contributed by atoms with Gasteiger partial charge in [0.2, 0.25) is 0 Å². The zero-order chi connectivity index (χ0) is 23.0. The summed E-state index contributed by atoms with van der Waals surface area (Å²) in [5.41, 5.74) is 0.965. The summed E-state index contributed by atoms with van der Waals surface area (Å²) in [7, 11) is 0. The van der Waals surface area contributed by atoms with E-state index in [0.717, 1.165) is 19.3 Å². The number of hydrogen-bond acceptors (Lipinski definition) is 4. The van der Waals surface area contributed by atoms with Gasteiger partial charge in [-0.2, -0.15) is 0 Å². The Hall–Kier alpha value is -1.58. The lowest BCUT2D eigenvalue weighted by Gasteiger charge is -2.04. The molecule has 0 spiro atoms. The molecular formula is C28H56O4. The monoisotopic (exact) mass is 456 g/mol. The third-order valence-corrected chi connectivity index (χ3v) is 4.66. The van der Waals surface area contributed by atoms with E-state index in [1.807, 2.05) is 0 Å². The summed E-state index contributed by atoms with van der Waals surface area (Å²) < 4.78 is 9.95. The third kappa shape index (κ3) is 30.6. The summed E-state index contributed by atoms with van der Waals surface area (Å²) >= 11 is 0. The second kappa shape index (κ2) is 29.4. The number of ether oxygens (including phenoxy) is 2. The molecule has 32 heavy (non-hydrogen) atoms. The molecule has 0 aromatic heterocycles. The van der Waals surface area contributed by atoms with Crippen LogP contribution >= 0.6 is 0 Å². The molecule has 0 aliphatic heterocycles. The minimum atomic E-state index is -0.272. The SMILES string of the molecule is C.C.C=C(C)C(=O)OCCCCCC.C=C(C)C(=O)OCCCCCCCCCCCC. The van der Waals surface area contributed by atoms with Gasteiger partial charge in [-0.3, -0.25) is 0 Å². The Balaban J connectivity index is -0.000000247. The molecule has 0 aliphatic rings. The van der Waals surface area contributed by atoms with Crippen molar-refractivity contribution in [3.05, 3.63) is 24.3 Å². The first-order chi connectivity index (χ1) is 14.4. The first-order valence-corrected chi connectivity index (χ1v) is 12.0. The Morgan fingerprint density at radius 3 is 1.06 bits per heavy atom. The molecule has 0 amide bonds. The fraction of sp³-hybridized carbons (Fsp3) is 0.786. The minimum Gasteiger partial charge on any atom is -0.462 e. The van der Waals surface area contributed by atoms with Gasteiger partial charge in [-0.1, -0.05) is 119 Å². The summed E-state index contributed by atoms with van der Waals surface area (Å²) in [4.78, 5) is 21.9. The highest BCUT2D eigenvalue weighted by molar-refractivity contribution is 5.87. The zero-order valence-corrected chi connectivity index (χ0v) is 20.4. The van der Waals surface area contributed by atoms with Crippen LogP contribution < -0.4 is 0 Å². The van der Waals surface area contributed by atoms with E-state index in [9.17, 15) is 9.59 Å². The van der Waals surface area contributed by atoms with Gasteiger partial charge in [0, 0.05) is 11.1 Å². The fourth-order valence-corrected chi connectivity index (χ4v) is 2.69. The van der Waals surface area contributed by atoms with E-state index in [2.05, 4.69) is 27.0 Å². The average molecular weight is 457 g/mol. The van der Waals surface area contributed by atoms with Crippen LogP contribution in [0, 0.1) is 0 Å². The average Bonchev–Trinajstić information content (AvgIpc) is 2.71. The molecule has 4 heteroatoms. The van der Waals surface area contributed by atoms with Crippen LogP contribution in [0.3, 0.4) is 0 Å². The second-order valence-corrected chi connectivity index (χ2v) is 8.08. The lowest BCUT2D eigenvalue weighted by molar-refractivity contribution is -0.139. The van der Waals surface area contributed by atoms with Gasteiger partial charge >= 0.3 is 11.9 Å². The molecule has 0 fully saturated rings. The van der Waals surface area contributed by atoms with Crippen LogP contribution in [0.25, 0.3) is 0 Å². The summed E-state index contributed by atoms with van der Waals surface area (Å²) in [5, 5.41) is 0. The van der Waals surface area contributed by atoms with Gasteiger partial charge in [0.25, 0.3) is 0 Å².